The first-order valence-electron chi connectivity index (χ1n) is 4.06. The van der Waals surface area contributed by atoms with E-state index in [2.05, 4.69) is 5.32 Å². The van der Waals surface area contributed by atoms with E-state index in [1.807, 2.05) is 0 Å². The van der Waals surface area contributed by atoms with Gasteiger partial charge in [0.25, 0.3) is 0 Å². The number of halogens is 5. The lowest BCUT2D eigenvalue weighted by molar-refractivity contribution is -0.119. The molecule has 16 heavy (non-hydrogen) atoms. The fourth-order valence-electron chi connectivity index (χ4n) is 1.06. The molecule has 0 aliphatic carbocycles. The quantitative estimate of drug-likeness (QED) is 0.489. The first kappa shape index (κ1) is 14.2. The molecule has 1 aromatic rings. The first-order valence-corrected chi connectivity index (χ1v) is 5.95. The molecule has 0 aliphatic rings. The maximum absolute atomic E-state index is 10.9. The van der Waals surface area contributed by atoms with Crippen molar-refractivity contribution in [2.24, 2.45) is 0 Å². The summed E-state index contributed by atoms with van der Waals surface area (Å²) in [6, 6.07) is 2.99. The number of alkyl halides is 2. The Morgan fingerprint density at radius 2 is 1.75 bits per heavy atom. The molecule has 7 heteroatoms. The van der Waals surface area contributed by atoms with Crippen LogP contribution in [0, 0.1) is 0 Å². The van der Waals surface area contributed by atoms with Crippen molar-refractivity contribution in [1.82, 2.24) is 5.32 Å². The zero-order valence-electron chi connectivity index (χ0n) is 7.95. The predicted molar refractivity (Wildman–Crippen MR) is 68.7 cm³/mol. The van der Waals surface area contributed by atoms with Gasteiger partial charge in [-0.05, 0) is 6.07 Å². The van der Waals surface area contributed by atoms with Gasteiger partial charge in [-0.25, -0.2) is 0 Å². The molecular weight excluding hydrogens is 315 g/mol. The van der Waals surface area contributed by atoms with Gasteiger partial charge in [-0.1, -0.05) is 64.1 Å². The average molecular weight is 321 g/mol. The molecule has 2 nitrogen and oxygen atoms in total. The van der Waals surface area contributed by atoms with Crippen molar-refractivity contribution in [2.75, 3.05) is 0 Å². The van der Waals surface area contributed by atoms with Crippen molar-refractivity contribution in [2.45, 2.75) is 11.4 Å². The molecule has 0 heterocycles. The van der Waals surface area contributed by atoms with E-state index in [0.29, 0.717) is 0 Å². The van der Waals surface area contributed by atoms with Crippen LogP contribution in [0.15, 0.2) is 12.1 Å². The van der Waals surface area contributed by atoms with Crippen LogP contribution in [0.25, 0.3) is 0 Å². The summed E-state index contributed by atoms with van der Waals surface area (Å²) >= 11 is 29.4. The summed E-state index contributed by atoms with van der Waals surface area (Å²) in [5.41, 5.74) is 0.266. The van der Waals surface area contributed by atoms with Crippen LogP contribution >= 0.6 is 58.0 Å². The van der Waals surface area contributed by atoms with Crippen molar-refractivity contribution < 1.29 is 4.79 Å². The fourth-order valence-corrected chi connectivity index (χ4v) is 2.41. The molecule has 88 valence electrons. The van der Waals surface area contributed by atoms with E-state index in [0.717, 1.165) is 0 Å². The normalized spacial score (nSPS) is 11.4. The molecule has 1 N–H and O–H groups in total. The van der Waals surface area contributed by atoms with Crippen molar-refractivity contribution in [3.8, 4) is 0 Å². The van der Waals surface area contributed by atoms with Gasteiger partial charge in [0, 0.05) is 12.5 Å². The molecule has 0 atom stereocenters. The van der Waals surface area contributed by atoms with Gasteiger partial charge in [0.2, 0.25) is 10.4 Å². The minimum atomic E-state index is -1.64. The number of carbonyl (C=O) groups is 1. The van der Waals surface area contributed by atoms with E-state index in [9.17, 15) is 4.79 Å². The molecule has 1 aromatic carbocycles. The highest BCUT2D eigenvalue weighted by atomic mass is 35.5. The Morgan fingerprint density at radius 3 is 2.25 bits per heavy atom. The summed E-state index contributed by atoms with van der Waals surface area (Å²) in [7, 11) is 0. The highest BCUT2D eigenvalue weighted by molar-refractivity contribution is 6.52. The number of rotatable bonds is 2. The molecule has 0 fully saturated rings. The molecule has 0 aliphatic heterocycles. The Hall–Kier alpha value is 0.140. The van der Waals surface area contributed by atoms with Crippen LogP contribution < -0.4 is 5.32 Å². The number of nitrogens with one attached hydrogen (secondary N) is 1. The largest absolute Gasteiger partial charge is 0.321 e. The Morgan fingerprint density at radius 1 is 1.19 bits per heavy atom. The van der Waals surface area contributed by atoms with E-state index in [4.69, 9.17) is 58.0 Å². The molecule has 0 unspecified atom stereocenters. The minimum absolute atomic E-state index is 0.105. The van der Waals surface area contributed by atoms with Crippen molar-refractivity contribution in [3.63, 3.8) is 0 Å². The van der Waals surface area contributed by atoms with Crippen molar-refractivity contribution in [3.05, 3.63) is 32.8 Å². The summed E-state index contributed by atoms with van der Waals surface area (Å²) in [6.45, 7) is 1.28. The molecule has 0 saturated heterocycles. The predicted octanol–water partition coefficient (Wildman–Crippen LogP) is 4.37. The SMILES string of the molecule is CC(=O)NC(Cl)(Cl)c1ccc(Cl)c(Cl)c1Cl. The molecule has 1 rings (SSSR count). The van der Waals surface area contributed by atoms with E-state index < -0.39 is 10.4 Å². The molecule has 0 spiro atoms. The number of hydrogen-bond donors (Lipinski definition) is 1. The van der Waals surface area contributed by atoms with E-state index in [1.165, 1.54) is 19.1 Å². The summed E-state index contributed by atoms with van der Waals surface area (Å²) in [5, 5.41) is 2.85. The van der Waals surface area contributed by atoms with E-state index >= 15 is 0 Å². The second kappa shape index (κ2) is 5.19. The van der Waals surface area contributed by atoms with Crippen LogP contribution in [0.2, 0.25) is 15.1 Å². The highest BCUT2D eigenvalue weighted by Crippen LogP contribution is 2.41. The molecule has 0 saturated carbocycles. The third-order valence-corrected chi connectivity index (χ3v) is 3.60. The standard InChI is InChI=1S/C9H6Cl5NO/c1-4(16)15-9(13,14)5-2-3-6(10)8(12)7(5)11/h2-3H,1H3,(H,15,16). The lowest BCUT2D eigenvalue weighted by atomic mass is 10.2. The zero-order valence-corrected chi connectivity index (χ0v) is 11.7. The summed E-state index contributed by atoms with van der Waals surface area (Å²) < 4.78 is -1.64. The van der Waals surface area contributed by atoms with Crippen LogP contribution in [-0.2, 0) is 9.25 Å². The van der Waals surface area contributed by atoms with Gasteiger partial charge in [-0.15, -0.1) is 0 Å². The summed E-state index contributed by atoms with van der Waals surface area (Å²) in [4.78, 5) is 10.9. The van der Waals surface area contributed by atoms with Gasteiger partial charge >= 0.3 is 0 Å². The maximum atomic E-state index is 10.9. The van der Waals surface area contributed by atoms with Crippen LogP contribution in [0.4, 0.5) is 0 Å². The molecular formula is C9H6Cl5NO. The molecule has 0 bridgehead atoms. The van der Waals surface area contributed by atoms with Crippen LogP contribution in [0.3, 0.4) is 0 Å². The van der Waals surface area contributed by atoms with Crippen LogP contribution in [-0.4, -0.2) is 5.91 Å². The van der Waals surface area contributed by atoms with Gasteiger partial charge in [-0.3, -0.25) is 4.79 Å². The third-order valence-electron chi connectivity index (χ3n) is 1.71. The molecule has 0 aromatic heterocycles. The lowest BCUT2D eigenvalue weighted by Crippen LogP contribution is -2.35. The lowest BCUT2D eigenvalue weighted by Gasteiger charge is -2.22. The fraction of sp³-hybridized carbons (Fsp3) is 0.222. The van der Waals surface area contributed by atoms with Gasteiger partial charge in [0.1, 0.15) is 0 Å². The number of benzene rings is 1. The van der Waals surface area contributed by atoms with Gasteiger partial charge in [-0.2, -0.15) is 0 Å². The zero-order chi connectivity index (χ0) is 12.5. The van der Waals surface area contributed by atoms with Crippen LogP contribution in [0.1, 0.15) is 12.5 Å². The van der Waals surface area contributed by atoms with Crippen molar-refractivity contribution >= 4 is 63.9 Å². The Bertz CT molecular complexity index is 432. The molecule has 1 amide bonds. The van der Waals surface area contributed by atoms with Gasteiger partial charge in [0.05, 0.1) is 15.1 Å². The van der Waals surface area contributed by atoms with Crippen molar-refractivity contribution in [1.29, 1.82) is 0 Å². The minimum Gasteiger partial charge on any atom is -0.321 e. The van der Waals surface area contributed by atoms with Crippen LogP contribution in [0.5, 0.6) is 0 Å². The monoisotopic (exact) mass is 319 g/mol. The van der Waals surface area contributed by atoms with E-state index in [1.54, 1.807) is 0 Å². The topological polar surface area (TPSA) is 29.1 Å². The smallest absolute Gasteiger partial charge is 0.219 e. The number of carbonyl (C=O) groups excluding carboxylic acids is 1. The third kappa shape index (κ3) is 3.08. The maximum Gasteiger partial charge on any atom is 0.219 e. The molecule has 0 radical (unpaired) electrons. The number of hydrogen-bond acceptors (Lipinski definition) is 1. The second-order valence-corrected chi connectivity index (χ2v) is 5.47. The second-order valence-electron chi connectivity index (χ2n) is 2.98. The highest BCUT2D eigenvalue weighted by Gasteiger charge is 2.31. The number of amides is 1. The Kier molecular flexibility index (Phi) is 4.61. The Balaban J connectivity index is 3.23. The van der Waals surface area contributed by atoms with E-state index in [-0.39, 0.29) is 20.6 Å². The summed E-state index contributed by atoms with van der Waals surface area (Å²) in [6.07, 6.45) is 0. The average Bonchev–Trinajstić information content (AvgIpc) is 2.11. The van der Waals surface area contributed by atoms with Gasteiger partial charge < -0.3 is 5.32 Å². The first-order chi connectivity index (χ1) is 7.25. The summed E-state index contributed by atoms with van der Waals surface area (Å²) in [5.74, 6) is -0.396. The van der Waals surface area contributed by atoms with Gasteiger partial charge in [0.15, 0.2) is 0 Å². The Labute approximate surface area is 118 Å².